The van der Waals surface area contributed by atoms with Crippen LogP contribution in [0.2, 0.25) is 10.0 Å². The Morgan fingerprint density at radius 2 is 2.06 bits per heavy atom. The average molecular weight is 501 g/mol. The Balaban J connectivity index is 1.62. The van der Waals surface area contributed by atoms with E-state index in [1.165, 1.54) is 6.21 Å². The van der Waals surface area contributed by atoms with Gasteiger partial charge in [-0.1, -0.05) is 35.3 Å². The van der Waals surface area contributed by atoms with Crippen LogP contribution in [-0.2, 0) is 11.3 Å². The number of anilines is 1. The molecule has 0 aliphatic carbocycles. The van der Waals surface area contributed by atoms with Crippen molar-refractivity contribution in [2.24, 2.45) is 0 Å². The number of nitrogens with zero attached hydrogens (tertiary/aromatic N) is 2. The molecule has 0 saturated carbocycles. The van der Waals surface area contributed by atoms with E-state index < -0.39 is 0 Å². The van der Waals surface area contributed by atoms with Crippen molar-refractivity contribution in [3.63, 3.8) is 0 Å². The molecule has 1 unspecified atom stereocenters. The first-order chi connectivity index (χ1) is 16.4. The molecule has 2 heterocycles. The molecular weight excluding hydrogens is 471 g/mol. The van der Waals surface area contributed by atoms with Crippen LogP contribution in [-0.4, -0.2) is 36.2 Å². The highest BCUT2D eigenvalue weighted by molar-refractivity contribution is 6.42. The normalized spacial score (nSPS) is 16.6. The van der Waals surface area contributed by atoms with Gasteiger partial charge in [-0.2, -0.15) is 0 Å². The van der Waals surface area contributed by atoms with Gasteiger partial charge < -0.3 is 26.3 Å². The number of rotatable bonds is 10. The third-order valence-electron chi connectivity index (χ3n) is 5.68. The topological polar surface area (TPSA) is 93.1 Å². The summed E-state index contributed by atoms with van der Waals surface area (Å²) >= 11 is 12.1. The summed E-state index contributed by atoms with van der Waals surface area (Å²) in [5.74, 6) is 1.19. The Labute approximate surface area is 210 Å². The van der Waals surface area contributed by atoms with Gasteiger partial charge in [-0.25, -0.2) is 4.98 Å². The van der Waals surface area contributed by atoms with E-state index in [1.54, 1.807) is 31.3 Å². The number of pyridine rings is 1. The van der Waals surface area contributed by atoms with Gasteiger partial charge in [0.2, 0.25) is 0 Å². The summed E-state index contributed by atoms with van der Waals surface area (Å²) in [6.07, 6.45) is 6.84. The summed E-state index contributed by atoms with van der Waals surface area (Å²) in [5, 5.41) is 18.0. The average Bonchev–Trinajstić information content (AvgIpc) is 3.32. The molecule has 1 aromatic heterocycles. The van der Waals surface area contributed by atoms with Crippen molar-refractivity contribution in [3.05, 3.63) is 81.4 Å². The lowest BCUT2D eigenvalue weighted by molar-refractivity contribution is -0.117. The molecule has 1 aliphatic heterocycles. The van der Waals surface area contributed by atoms with Crippen LogP contribution < -0.4 is 20.9 Å². The van der Waals surface area contributed by atoms with Crippen LogP contribution in [0.15, 0.2) is 65.8 Å². The molecule has 4 N–H and O–H groups in total. The molecule has 0 spiro atoms. The maximum Gasteiger partial charge on any atom is 0.273 e. The fraction of sp³-hybridized carbons (Fsp3) is 0.320. The Morgan fingerprint density at radius 3 is 2.74 bits per heavy atom. The quantitative estimate of drug-likeness (QED) is 0.281. The number of amides is 1. The number of carbonyl (C=O) groups excluding carboxylic acids is 1. The first-order valence-corrected chi connectivity index (χ1v) is 12.0. The van der Waals surface area contributed by atoms with Crippen molar-refractivity contribution in [2.75, 3.05) is 18.0 Å². The van der Waals surface area contributed by atoms with Crippen molar-refractivity contribution in [1.29, 1.82) is 5.41 Å². The molecule has 9 heteroatoms. The summed E-state index contributed by atoms with van der Waals surface area (Å²) in [7, 11) is 0. The van der Waals surface area contributed by atoms with Crippen molar-refractivity contribution in [1.82, 2.24) is 20.9 Å². The van der Waals surface area contributed by atoms with Gasteiger partial charge in [0.25, 0.3) is 5.91 Å². The fourth-order valence-electron chi connectivity index (χ4n) is 3.81. The van der Waals surface area contributed by atoms with E-state index in [-0.39, 0.29) is 11.9 Å². The van der Waals surface area contributed by atoms with E-state index in [1.807, 2.05) is 31.2 Å². The van der Waals surface area contributed by atoms with E-state index in [4.69, 9.17) is 28.6 Å². The highest BCUT2D eigenvalue weighted by Crippen LogP contribution is 2.24. The van der Waals surface area contributed by atoms with Crippen molar-refractivity contribution < 1.29 is 4.79 Å². The van der Waals surface area contributed by atoms with Crippen LogP contribution in [0.3, 0.4) is 0 Å². The van der Waals surface area contributed by atoms with Crippen molar-refractivity contribution >= 4 is 41.1 Å². The second-order valence-corrected chi connectivity index (χ2v) is 8.83. The smallest absolute Gasteiger partial charge is 0.273 e. The minimum absolute atomic E-state index is 0.213. The third-order valence-corrected chi connectivity index (χ3v) is 6.42. The minimum atomic E-state index is -0.307. The number of aromatic nitrogens is 1. The predicted molar refractivity (Wildman–Crippen MR) is 139 cm³/mol. The van der Waals surface area contributed by atoms with Gasteiger partial charge in [0.05, 0.1) is 10.0 Å². The zero-order valence-electron chi connectivity index (χ0n) is 19.4. The largest absolute Gasteiger partial charge is 0.378 e. The maximum absolute atomic E-state index is 13.1. The Bertz CT molecular complexity index is 1070. The monoisotopic (exact) mass is 500 g/mol. The number of benzene rings is 1. The Kier molecular flexibility index (Phi) is 9.36. The third kappa shape index (κ3) is 6.74. The molecule has 0 bridgehead atoms. The molecule has 1 saturated heterocycles. The van der Waals surface area contributed by atoms with Crippen LogP contribution >= 0.6 is 23.2 Å². The van der Waals surface area contributed by atoms with Gasteiger partial charge in [0, 0.05) is 38.1 Å². The SMILES string of the molecule is CC=C(NCc1ccc(Cl)c(Cl)c1)NC(=O)/C(NCC1CCCN1c1ccccn1)=C(\C)C=N. The van der Waals surface area contributed by atoms with Crippen LogP contribution in [0, 0.1) is 5.41 Å². The minimum Gasteiger partial charge on any atom is -0.378 e. The van der Waals surface area contributed by atoms with E-state index in [0.29, 0.717) is 40.2 Å². The highest BCUT2D eigenvalue weighted by atomic mass is 35.5. The lowest BCUT2D eigenvalue weighted by Crippen LogP contribution is -2.42. The van der Waals surface area contributed by atoms with E-state index in [9.17, 15) is 4.79 Å². The molecule has 1 fully saturated rings. The second-order valence-electron chi connectivity index (χ2n) is 8.02. The summed E-state index contributed by atoms with van der Waals surface area (Å²) in [5.41, 5.74) is 1.86. The molecule has 1 aliphatic rings. The molecule has 1 amide bonds. The van der Waals surface area contributed by atoms with E-state index >= 15 is 0 Å². The predicted octanol–water partition coefficient (Wildman–Crippen LogP) is 4.64. The fourth-order valence-corrected chi connectivity index (χ4v) is 4.13. The van der Waals surface area contributed by atoms with Gasteiger partial charge in [-0.3, -0.25) is 4.79 Å². The summed E-state index contributed by atoms with van der Waals surface area (Å²) in [4.78, 5) is 19.8. The second kappa shape index (κ2) is 12.4. The summed E-state index contributed by atoms with van der Waals surface area (Å²) < 4.78 is 0. The van der Waals surface area contributed by atoms with Gasteiger partial charge in [0.15, 0.2) is 0 Å². The number of halogens is 2. The number of nitrogens with one attached hydrogen (secondary N) is 4. The maximum atomic E-state index is 13.1. The molecule has 0 radical (unpaired) electrons. The zero-order valence-corrected chi connectivity index (χ0v) is 20.9. The number of carbonyl (C=O) groups is 1. The van der Waals surface area contributed by atoms with Crippen LogP contribution in [0.25, 0.3) is 0 Å². The molecule has 180 valence electrons. The molecule has 34 heavy (non-hydrogen) atoms. The van der Waals surface area contributed by atoms with E-state index in [0.717, 1.165) is 30.8 Å². The van der Waals surface area contributed by atoms with Crippen molar-refractivity contribution in [3.8, 4) is 0 Å². The summed E-state index contributed by atoms with van der Waals surface area (Å²) in [6, 6.07) is 11.5. The van der Waals surface area contributed by atoms with Crippen LogP contribution in [0.1, 0.15) is 32.3 Å². The molecular formula is C25H30Cl2N6O. The van der Waals surface area contributed by atoms with Crippen molar-refractivity contribution in [2.45, 2.75) is 39.3 Å². The van der Waals surface area contributed by atoms with Crippen LogP contribution in [0.4, 0.5) is 5.82 Å². The highest BCUT2D eigenvalue weighted by Gasteiger charge is 2.26. The molecule has 1 aromatic carbocycles. The first-order valence-electron chi connectivity index (χ1n) is 11.2. The van der Waals surface area contributed by atoms with Crippen LogP contribution in [0.5, 0.6) is 0 Å². The number of allylic oxidation sites excluding steroid dienone is 2. The zero-order chi connectivity index (χ0) is 24.5. The Hall–Kier alpha value is -3.03. The number of hydrogen-bond acceptors (Lipinski definition) is 6. The molecule has 7 nitrogen and oxygen atoms in total. The van der Waals surface area contributed by atoms with Gasteiger partial charge in [0.1, 0.15) is 17.3 Å². The summed E-state index contributed by atoms with van der Waals surface area (Å²) in [6.45, 7) is 5.55. The first kappa shape index (κ1) is 25.6. The number of hydrogen-bond donors (Lipinski definition) is 4. The molecule has 3 rings (SSSR count). The molecule has 2 aromatic rings. The molecule has 1 atom stereocenters. The standard InChI is InChI=1S/C25H30Cl2N6O/c1-3-22(30-15-18-9-10-20(26)21(27)13-18)32-25(34)24(17(2)14-28)31-16-19-7-6-12-33(19)23-8-4-5-11-29-23/h3-5,8-11,13-14,19,28,30-31H,6-7,12,15-16H2,1-2H3,(H,32,34)/b22-3?,24-17-,28-14?. The lowest BCUT2D eigenvalue weighted by Gasteiger charge is -2.27. The van der Waals surface area contributed by atoms with Gasteiger partial charge in [-0.05, 0) is 68.2 Å². The Morgan fingerprint density at radius 1 is 1.24 bits per heavy atom. The van der Waals surface area contributed by atoms with Gasteiger partial charge in [-0.15, -0.1) is 0 Å². The van der Waals surface area contributed by atoms with E-state index in [2.05, 4.69) is 25.8 Å². The lowest BCUT2D eigenvalue weighted by atomic mass is 10.2. The van der Waals surface area contributed by atoms with Gasteiger partial charge >= 0.3 is 0 Å².